The van der Waals surface area contributed by atoms with Gasteiger partial charge in [-0.15, -0.1) is 0 Å². The van der Waals surface area contributed by atoms with Crippen LogP contribution in [0.4, 0.5) is 11.5 Å². The molecule has 4 atom stereocenters. The van der Waals surface area contributed by atoms with Crippen LogP contribution in [-0.2, 0) is 44.9 Å². The predicted octanol–water partition coefficient (Wildman–Crippen LogP) is 16.7. The number of pyridine rings is 6. The Morgan fingerprint density at radius 2 is 0.844 bits per heavy atom. The third kappa shape index (κ3) is 23.9. The van der Waals surface area contributed by atoms with E-state index in [-0.39, 0.29) is 35.1 Å². The quantitative estimate of drug-likeness (QED) is 0.0276. The molecular formula is C104H116N22O9. The lowest BCUT2D eigenvalue weighted by molar-refractivity contribution is -0.133. The summed E-state index contributed by atoms with van der Waals surface area (Å²) in [5.41, 5.74) is 14.4. The Bertz CT molecular complexity index is 6590. The molecule has 5 fully saturated rings. The summed E-state index contributed by atoms with van der Waals surface area (Å²) in [7, 11) is 4.74. The number of rotatable bonds is 23. The molecule has 0 unspecified atom stereocenters. The van der Waals surface area contributed by atoms with Crippen molar-refractivity contribution in [2.75, 3.05) is 84.3 Å². The average molecular weight is 1820 g/mol. The normalized spacial score (nSPS) is 16.9. The first kappa shape index (κ1) is 93.2. The zero-order valence-corrected chi connectivity index (χ0v) is 76.8. The zero-order valence-electron chi connectivity index (χ0n) is 76.8. The van der Waals surface area contributed by atoms with Gasteiger partial charge in [0, 0.05) is 173 Å². The highest BCUT2D eigenvalue weighted by Gasteiger charge is 2.30. The number of hydrogen-bond donors (Lipinski definition) is 8. The minimum absolute atomic E-state index is 0.0150. The van der Waals surface area contributed by atoms with Crippen LogP contribution in [0, 0.1) is 5.92 Å². The summed E-state index contributed by atoms with van der Waals surface area (Å²) in [5.74, 6) is 4.55. The zero-order chi connectivity index (χ0) is 93.2. The van der Waals surface area contributed by atoms with Crippen LogP contribution in [0.15, 0.2) is 218 Å². The summed E-state index contributed by atoms with van der Waals surface area (Å²) in [5, 5.41) is 47.1. The van der Waals surface area contributed by atoms with Crippen molar-refractivity contribution in [3.05, 3.63) is 280 Å². The van der Waals surface area contributed by atoms with Crippen molar-refractivity contribution in [3.8, 4) is 17.6 Å². The van der Waals surface area contributed by atoms with Gasteiger partial charge in [0.05, 0.1) is 87.2 Å². The van der Waals surface area contributed by atoms with E-state index in [1.54, 1.807) is 107 Å². The van der Waals surface area contributed by atoms with Crippen molar-refractivity contribution in [1.29, 1.82) is 0 Å². The molecule has 1 aliphatic carbocycles. The Morgan fingerprint density at radius 1 is 0.415 bits per heavy atom. The standard InChI is InChI=1S/C26H28N6O.C21H24N4O2.C21H22N4O2.C20H22N4O2.C16H20N4O2/c33-26(30-21-12-15-27-16-13-21)19-9-6-18(7-10-19)8-11-22-24-23(32-31-22)14-17-28-25(24)29-20-4-2-1-3-5-20;2*1-27-21-20-17(23-24-18(20)11-12-22-21)9-10-19(26)25-13-5-8-16(14-25)15-6-3-2-4-7-15;25-18(9-8-16-19-17(23-22-16)10-11-21-20(19)26)24-12-4-7-15(13-24)14-5-2-1-3-6-14;1-11-4-3-9-20(10-11)14(21)6-5-12-15-13(19-18-12)7-8-17-16(15)22-2/h6-7,9-10,12-17,20H,1-5,8,11H2,(H,28,29)(H,31,32)(H,27,30,33);2-4,6-7,11-12,16H,5,8-10,13-14H2,1H3,(H,23,24);2-4,6-7,9-12,16H,5,8,13-14H2,1H3,(H,23,24);1-3,5-6,10-11,15H,4,7-9,12-13H2,(H,21,26)(H,22,23);5-8,11H,3-4,9-10H2,1-2H3,(H,18,19)/b;;10-9+;;6-5+/t;2*16-;15-;11-/m.0001/s1. The Morgan fingerprint density at radius 3 is 1.35 bits per heavy atom. The molecule has 1 saturated carbocycles. The van der Waals surface area contributed by atoms with Gasteiger partial charge in [-0.2, -0.15) is 25.5 Å². The van der Waals surface area contributed by atoms with Crippen molar-refractivity contribution in [2.45, 2.75) is 153 Å². The number of nitrogens with zero attached hydrogens (tertiary/aromatic N) is 14. The number of ether oxygens (including phenoxy) is 3. The molecule has 0 spiro atoms. The molecule has 20 rings (SSSR count). The van der Waals surface area contributed by atoms with Gasteiger partial charge in [-0.3, -0.25) is 59.2 Å². The van der Waals surface area contributed by atoms with Crippen LogP contribution in [0.1, 0.15) is 182 Å². The molecule has 15 heterocycles. The van der Waals surface area contributed by atoms with Gasteiger partial charge in [0.1, 0.15) is 5.82 Å². The number of fused-ring (bicyclic) bond motifs is 5. The van der Waals surface area contributed by atoms with E-state index in [1.165, 1.54) is 60.8 Å². The van der Waals surface area contributed by atoms with Gasteiger partial charge >= 0.3 is 0 Å². The fourth-order valence-electron chi connectivity index (χ4n) is 18.8. The first-order chi connectivity index (χ1) is 66.2. The van der Waals surface area contributed by atoms with E-state index in [1.807, 2.05) is 86.5 Å². The molecule has 31 heteroatoms. The van der Waals surface area contributed by atoms with Crippen LogP contribution in [0.3, 0.4) is 0 Å². The van der Waals surface area contributed by atoms with Crippen molar-refractivity contribution < 1.29 is 38.2 Å². The molecule has 5 aliphatic rings. The molecule has 8 N–H and O–H groups in total. The Labute approximate surface area is 782 Å². The van der Waals surface area contributed by atoms with E-state index >= 15 is 0 Å². The maximum atomic E-state index is 12.8. The number of nitrogens with one attached hydrogen (secondary N) is 8. The predicted molar refractivity (Wildman–Crippen MR) is 523 cm³/mol. The van der Waals surface area contributed by atoms with Crippen LogP contribution in [0.5, 0.6) is 17.6 Å². The van der Waals surface area contributed by atoms with E-state index in [0.29, 0.717) is 89.5 Å². The third-order valence-corrected chi connectivity index (χ3v) is 25.9. The average Bonchev–Trinajstić information content (AvgIpc) is 1.67. The number of methoxy groups -OCH3 is 3. The lowest BCUT2D eigenvalue weighted by Gasteiger charge is -2.33. The molecule has 0 bridgehead atoms. The number of benzene rings is 4. The topological polar surface area (TPSA) is 391 Å². The van der Waals surface area contributed by atoms with Gasteiger partial charge in [-0.25, -0.2) is 19.9 Å². The molecule has 15 aromatic rings. The molecule has 5 amide bonds. The smallest absolute Gasteiger partial charge is 0.259 e. The summed E-state index contributed by atoms with van der Waals surface area (Å²) >= 11 is 0. The third-order valence-electron chi connectivity index (χ3n) is 25.9. The maximum absolute atomic E-state index is 12.8. The van der Waals surface area contributed by atoms with Gasteiger partial charge in [0.15, 0.2) is 0 Å². The van der Waals surface area contributed by atoms with E-state index in [4.69, 9.17) is 14.2 Å². The lowest BCUT2D eigenvalue weighted by atomic mass is 9.90. The molecule has 696 valence electrons. The van der Waals surface area contributed by atoms with Crippen LogP contribution in [-0.4, -0.2) is 210 Å². The summed E-state index contributed by atoms with van der Waals surface area (Å²) in [4.78, 5) is 107. The molecule has 135 heavy (non-hydrogen) atoms. The molecule has 4 aromatic carbocycles. The second-order valence-corrected chi connectivity index (χ2v) is 34.9. The first-order valence-corrected chi connectivity index (χ1v) is 46.9. The van der Waals surface area contributed by atoms with E-state index in [9.17, 15) is 28.8 Å². The minimum atomic E-state index is -0.166. The van der Waals surface area contributed by atoms with Crippen molar-refractivity contribution >= 4 is 108 Å². The van der Waals surface area contributed by atoms with Crippen molar-refractivity contribution in [1.82, 2.24) is 100 Å². The summed E-state index contributed by atoms with van der Waals surface area (Å²) in [6.45, 7) is 8.62. The second-order valence-electron chi connectivity index (χ2n) is 34.9. The lowest BCUT2D eigenvalue weighted by Crippen LogP contribution is -2.39. The van der Waals surface area contributed by atoms with E-state index < -0.39 is 0 Å². The van der Waals surface area contributed by atoms with Crippen molar-refractivity contribution in [3.63, 3.8) is 0 Å². The number of carbonyl (C=O) groups excluding carboxylic acids is 5. The number of H-pyrrole nitrogens is 6. The molecule has 11 aromatic heterocycles. The summed E-state index contributed by atoms with van der Waals surface area (Å²) < 4.78 is 15.9. The highest BCUT2D eigenvalue weighted by Crippen LogP contribution is 2.35. The second kappa shape index (κ2) is 45.9. The highest BCUT2D eigenvalue weighted by molar-refractivity contribution is 6.04. The van der Waals surface area contributed by atoms with Crippen molar-refractivity contribution in [2.24, 2.45) is 5.92 Å². The summed E-state index contributed by atoms with van der Waals surface area (Å²) in [6, 6.07) is 52.3. The van der Waals surface area contributed by atoms with Crippen LogP contribution in [0.25, 0.3) is 66.7 Å². The van der Waals surface area contributed by atoms with Gasteiger partial charge < -0.3 is 49.4 Å². The number of likely N-dealkylation sites (tertiary alicyclic amines) is 4. The molecule has 0 radical (unpaired) electrons. The number of amides is 5. The highest BCUT2D eigenvalue weighted by atomic mass is 16.5. The monoisotopic (exact) mass is 1820 g/mol. The molecule has 4 saturated heterocycles. The fourth-order valence-corrected chi connectivity index (χ4v) is 18.8. The molecular weight excluding hydrogens is 1700 g/mol. The number of hydrogen-bond acceptors (Lipinski definition) is 20. The first-order valence-electron chi connectivity index (χ1n) is 46.9. The number of aryl methyl sites for hydroxylation is 4. The van der Waals surface area contributed by atoms with Crippen LogP contribution in [0.2, 0.25) is 0 Å². The number of carbonyl (C=O) groups is 5. The van der Waals surface area contributed by atoms with E-state index in [0.717, 1.165) is 194 Å². The fraction of sp³-hybridized carbons (Fsp3) is 0.346. The number of piperidine rings is 4. The minimum Gasteiger partial charge on any atom is -0.480 e. The SMILES string of the molecule is COc1nccc2n[nH]c(/C=C/C(=O)N3CCC[C@@H](C)C3)c12.COc1nccc2n[nH]c(/C=C/C(=O)N3CCC[C@H](c4ccccc4)C3)c12.COc1nccc2n[nH]c(CCC(=O)N3CCC[C@H](c4ccccc4)C3)c12.O=C(CCc1[nH]nc2cc[nH]c(=O)c12)N1CCC[C@H](c2ccccc2)C1.O=C(Nc1ccncc1)c1ccc(CCc2[nH]nc3ccnc(NC4CCCCC4)c23)cc1. The Balaban J connectivity index is 0.000000123. The van der Waals surface area contributed by atoms with Gasteiger partial charge in [0.25, 0.3) is 11.5 Å². The number of anilines is 2. The number of aromatic nitrogens is 16. The van der Waals surface area contributed by atoms with Gasteiger partial charge in [0.2, 0.25) is 41.3 Å². The number of aromatic amines is 6. The largest absolute Gasteiger partial charge is 0.480 e. The van der Waals surface area contributed by atoms with Gasteiger partial charge in [-0.1, -0.05) is 129 Å². The van der Waals surface area contributed by atoms with Gasteiger partial charge in [-0.05, 0) is 185 Å². The van der Waals surface area contributed by atoms with E-state index in [2.05, 4.69) is 171 Å². The Hall–Kier alpha value is -15.0. The maximum Gasteiger partial charge on any atom is 0.259 e. The van der Waals surface area contributed by atoms with Crippen LogP contribution >= 0.6 is 0 Å². The van der Waals surface area contributed by atoms with Crippen LogP contribution < -0.4 is 30.4 Å². The molecule has 4 aliphatic heterocycles. The Kier molecular flexibility index (Phi) is 31.7. The molecule has 31 nitrogen and oxygen atoms in total. The summed E-state index contributed by atoms with van der Waals surface area (Å²) in [6.07, 6.45) is 37.0.